The van der Waals surface area contributed by atoms with Gasteiger partial charge in [-0.2, -0.15) is 0 Å². The van der Waals surface area contributed by atoms with Crippen molar-refractivity contribution in [1.29, 1.82) is 0 Å². The molecule has 2 nitrogen and oxygen atoms in total. The molecule has 0 heterocycles. The third kappa shape index (κ3) is 3.50. The third-order valence-electron chi connectivity index (χ3n) is 6.13. The van der Waals surface area contributed by atoms with Gasteiger partial charge in [-0.25, -0.2) is 0 Å². The first kappa shape index (κ1) is 24.4. The minimum absolute atomic E-state index is 0. The van der Waals surface area contributed by atoms with Crippen LogP contribution in [0.4, 0.5) is 0 Å². The maximum atomic E-state index is 15.1. The van der Waals surface area contributed by atoms with Gasteiger partial charge in [-0.1, -0.05) is 0 Å². The fraction of sp³-hybridized carbons (Fsp3) is 0.692. The number of hydrogen-bond donors (Lipinski definition) is 0. The summed E-state index contributed by atoms with van der Waals surface area (Å²) in [5, 5.41) is 2.06. The molecule has 0 aromatic carbocycles. The zero-order chi connectivity index (χ0) is 15.3. The molecule has 0 radical (unpaired) electrons. The van der Waals surface area contributed by atoms with Gasteiger partial charge in [-0.15, -0.1) is 24.8 Å². The van der Waals surface area contributed by atoms with Crippen molar-refractivity contribution in [1.82, 2.24) is 0 Å². The molecule has 0 aromatic heterocycles. The van der Waals surface area contributed by atoms with E-state index in [4.69, 9.17) is 3.01 Å². The van der Waals surface area contributed by atoms with Crippen LogP contribution in [0.2, 0.25) is 42.7 Å². The van der Waals surface area contributed by atoms with E-state index < -0.39 is 26.1 Å². The molecule has 0 unspecified atom stereocenters. The van der Waals surface area contributed by atoms with Crippen LogP contribution in [0.5, 0.6) is 0 Å². The summed E-state index contributed by atoms with van der Waals surface area (Å²) in [6, 6.07) is 0. The zero-order valence-corrected chi connectivity index (χ0v) is 21.3. The van der Waals surface area contributed by atoms with Crippen LogP contribution in [-0.2, 0) is 17.4 Å². The summed E-state index contributed by atoms with van der Waals surface area (Å²) >= 11 is -5.28. The minimum Gasteiger partial charge on any atom is -0.147 e. The van der Waals surface area contributed by atoms with Crippen LogP contribution in [0.1, 0.15) is 13.3 Å². The quantitative estimate of drug-likeness (QED) is 0.605. The molecule has 0 spiro atoms. The Kier molecular flexibility index (Phi) is 6.22. The van der Waals surface area contributed by atoms with Crippen molar-refractivity contribution in [3.8, 4) is 0 Å². The van der Waals surface area contributed by atoms with E-state index in [-0.39, 0.29) is 24.8 Å². The SMILES string of the molecule is C[CH2][Ti]([CH3])(=[O])(=[SiH2])([O][Si](C)(C)C)([C]1=CC=CC1)[SiH](C)C.Cl.Cl. The molecule has 1 aliphatic carbocycles. The summed E-state index contributed by atoms with van der Waals surface area (Å²) in [5.74, 6) is 0. The van der Waals surface area contributed by atoms with Crippen molar-refractivity contribution in [2.24, 2.45) is 0 Å². The molecule has 0 aromatic rings. The molecule has 0 saturated heterocycles. The fourth-order valence-corrected chi connectivity index (χ4v) is 46.8. The number of rotatable bonds is 5. The second-order valence-electron chi connectivity index (χ2n) is 8.96. The van der Waals surface area contributed by atoms with E-state index in [1.165, 1.54) is 0 Å². The van der Waals surface area contributed by atoms with Crippen LogP contribution in [0.3, 0.4) is 0 Å². The average Bonchev–Trinajstić information content (AvgIpc) is 2.68. The Bertz CT molecular complexity index is 687. The molecule has 0 atom stereocenters. The number of halogens is 2. The largest absolute Gasteiger partial charge is 0.147 e. The Hall–Kier alpha value is 1.18. The van der Waals surface area contributed by atoms with Gasteiger partial charge in [0.15, 0.2) is 0 Å². The van der Waals surface area contributed by atoms with Crippen molar-refractivity contribution >= 4 is 47.4 Å². The standard InChI is InChI=1S/C5H5.C3H9OSi.C2H7Si.C2H5.CH3.2ClH.O.H2Si.Ti/c1-2-4-5-3-1;1-5(2,3)4;1-3-2;1-2;;;;;;/h1-3H,4H2;1-3H3;3H,1-2H3;1H2,2H3;1H3;2*1H;;1H2;/q;-1;;;;;;;;+1. The topological polar surface area (TPSA) is 26.3 Å². The Morgan fingerprint density at radius 2 is 1.81 bits per heavy atom. The molecular weight excluding hydrogens is 391 g/mol. The molecule has 0 saturated carbocycles. The van der Waals surface area contributed by atoms with Crippen molar-refractivity contribution in [2.45, 2.75) is 56.0 Å². The van der Waals surface area contributed by atoms with E-state index >= 15 is 3.32 Å². The summed E-state index contributed by atoms with van der Waals surface area (Å²) < 4.78 is 23.7. The maximum Gasteiger partial charge on any atom is -0.147 e. The molecular formula is C13H33Cl2O2Si3Ti. The Balaban J connectivity index is 0. The van der Waals surface area contributed by atoms with Crippen LogP contribution in [0.25, 0.3) is 0 Å². The van der Waals surface area contributed by atoms with Gasteiger partial charge >= 0.3 is 118 Å². The van der Waals surface area contributed by atoms with Gasteiger partial charge in [-0.05, 0) is 0 Å². The minimum atomic E-state index is -5.28. The van der Waals surface area contributed by atoms with Crippen molar-refractivity contribution in [3.63, 3.8) is 0 Å². The van der Waals surface area contributed by atoms with Gasteiger partial charge in [0.25, 0.3) is 0 Å². The summed E-state index contributed by atoms with van der Waals surface area (Å²) in [6.07, 6.45) is 7.07. The van der Waals surface area contributed by atoms with Crippen LogP contribution in [-0.4, -0.2) is 22.6 Å². The van der Waals surface area contributed by atoms with Crippen molar-refractivity contribution in [3.05, 3.63) is 22.1 Å². The molecule has 0 fully saturated rings. The molecule has 127 valence electrons. The first-order chi connectivity index (χ1) is 8.14. The maximum absolute atomic E-state index is 15.1. The van der Waals surface area contributed by atoms with E-state index in [0.717, 1.165) is 10.3 Å². The van der Waals surface area contributed by atoms with E-state index in [0.29, 0.717) is 4.73 Å². The third-order valence-corrected chi connectivity index (χ3v) is 67.5. The number of allylic oxidation sites excluding steroid dienone is 4. The Labute approximate surface area is 142 Å². The van der Waals surface area contributed by atoms with Gasteiger partial charge in [-0.3, -0.25) is 0 Å². The molecule has 8 heteroatoms. The Morgan fingerprint density at radius 1 is 1.33 bits per heavy atom. The molecule has 1 aliphatic rings. The number of hydrogen-bond acceptors (Lipinski definition) is 2. The van der Waals surface area contributed by atoms with E-state index in [9.17, 15) is 0 Å². The molecule has 21 heavy (non-hydrogen) atoms. The van der Waals surface area contributed by atoms with Gasteiger partial charge in [0.05, 0.1) is 0 Å². The van der Waals surface area contributed by atoms with E-state index in [1.54, 1.807) is 7.63 Å². The predicted octanol–water partition coefficient (Wildman–Crippen LogP) is 4.56. The molecule has 1 rings (SSSR count). The second-order valence-corrected chi connectivity index (χ2v) is 59.1. The summed E-state index contributed by atoms with van der Waals surface area (Å²) in [4.78, 5) is 0. The fourth-order valence-electron chi connectivity index (χ4n) is 3.61. The molecule has 0 aliphatic heterocycles. The normalized spacial score (nSPS) is 20.4. The second kappa shape index (κ2) is 5.35. The van der Waals surface area contributed by atoms with Crippen molar-refractivity contribution in [2.75, 3.05) is 0 Å². The van der Waals surface area contributed by atoms with Gasteiger partial charge in [0.2, 0.25) is 0 Å². The van der Waals surface area contributed by atoms with E-state index in [1.807, 2.05) is 6.08 Å². The summed E-state index contributed by atoms with van der Waals surface area (Å²) in [5.41, 5.74) is 0. The predicted molar refractivity (Wildman–Crippen MR) is 105 cm³/mol. The average molecular weight is 424 g/mol. The molecule has 0 N–H and O–H groups in total. The van der Waals surface area contributed by atoms with Crippen molar-refractivity contribution < 1.29 is 17.4 Å². The monoisotopic (exact) mass is 423 g/mol. The summed E-state index contributed by atoms with van der Waals surface area (Å²) in [7, 11) is -0.150. The molecule has 0 amide bonds. The van der Waals surface area contributed by atoms with Crippen LogP contribution >= 0.6 is 24.8 Å². The first-order valence-corrected chi connectivity index (χ1v) is 25.2. The van der Waals surface area contributed by atoms with Crippen LogP contribution in [0, 0.1) is 0 Å². The zero-order valence-electron chi connectivity index (χ0n) is 14.6. The van der Waals surface area contributed by atoms with E-state index in [2.05, 4.69) is 57.0 Å². The van der Waals surface area contributed by atoms with Gasteiger partial charge in [0.1, 0.15) is 0 Å². The molecule has 0 bridgehead atoms. The van der Waals surface area contributed by atoms with Gasteiger partial charge in [0, 0.05) is 0 Å². The first-order valence-electron chi connectivity index (χ1n) is 7.44. The Morgan fingerprint density at radius 3 is 2.05 bits per heavy atom. The van der Waals surface area contributed by atoms with Crippen LogP contribution < -0.4 is 0 Å². The summed E-state index contributed by atoms with van der Waals surface area (Å²) in [6.45, 7) is 11.5. The van der Waals surface area contributed by atoms with Crippen LogP contribution in [0.15, 0.2) is 22.1 Å². The van der Waals surface area contributed by atoms with Gasteiger partial charge < -0.3 is 0 Å². The smallest absolute Gasteiger partial charge is 0.147 e.